The zero-order chi connectivity index (χ0) is 10.6. The Morgan fingerprint density at radius 3 is 2.47 bits per heavy atom. The summed E-state index contributed by atoms with van der Waals surface area (Å²) in [6, 6.07) is 0. The standard InChI is InChI=1S/C10H20N2O2.ClH/c1-8(14-3)9(13)12-10(2)4-6-11-7-5-10;/h8,11H,4-7H2,1-3H3,(H,12,13);1H. The first-order chi connectivity index (χ1) is 6.57. The molecule has 4 nitrogen and oxygen atoms in total. The fraction of sp³-hybridized carbons (Fsp3) is 0.900. The van der Waals surface area contributed by atoms with Crippen LogP contribution >= 0.6 is 12.4 Å². The van der Waals surface area contributed by atoms with Gasteiger partial charge >= 0.3 is 0 Å². The van der Waals surface area contributed by atoms with Gasteiger partial charge in [0.05, 0.1) is 0 Å². The number of carbonyl (C=O) groups is 1. The fourth-order valence-corrected chi connectivity index (χ4v) is 1.61. The first kappa shape index (κ1) is 14.7. The molecule has 0 aromatic carbocycles. The van der Waals surface area contributed by atoms with E-state index in [1.54, 1.807) is 14.0 Å². The molecule has 90 valence electrons. The molecule has 1 heterocycles. The molecule has 1 saturated heterocycles. The zero-order valence-corrected chi connectivity index (χ0v) is 10.4. The molecule has 0 saturated carbocycles. The van der Waals surface area contributed by atoms with Crippen LogP contribution in [0.15, 0.2) is 0 Å². The summed E-state index contributed by atoms with van der Waals surface area (Å²) in [5, 5.41) is 6.32. The number of amides is 1. The molecule has 0 radical (unpaired) electrons. The van der Waals surface area contributed by atoms with E-state index in [0.717, 1.165) is 25.9 Å². The van der Waals surface area contributed by atoms with Crippen LogP contribution in [0, 0.1) is 0 Å². The Hall–Kier alpha value is -0.320. The summed E-state index contributed by atoms with van der Waals surface area (Å²) >= 11 is 0. The lowest BCUT2D eigenvalue weighted by Crippen LogP contribution is -2.54. The monoisotopic (exact) mass is 236 g/mol. The van der Waals surface area contributed by atoms with Crippen LogP contribution in [-0.4, -0.2) is 37.7 Å². The van der Waals surface area contributed by atoms with Crippen LogP contribution in [0.1, 0.15) is 26.7 Å². The second-order valence-electron chi connectivity index (χ2n) is 4.18. The van der Waals surface area contributed by atoms with Gasteiger partial charge in [0, 0.05) is 12.6 Å². The average molecular weight is 237 g/mol. The van der Waals surface area contributed by atoms with Crippen molar-refractivity contribution in [1.29, 1.82) is 0 Å². The highest BCUT2D eigenvalue weighted by Gasteiger charge is 2.29. The summed E-state index contributed by atoms with van der Waals surface area (Å²) in [6.45, 7) is 5.80. The Labute approximate surface area is 97.5 Å². The van der Waals surface area contributed by atoms with E-state index in [1.165, 1.54) is 0 Å². The molecule has 0 spiro atoms. The Kier molecular flexibility index (Phi) is 6.17. The minimum absolute atomic E-state index is 0. The van der Waals surface area contributed by atoms with Crippen LogP contribution < -0.4 is 10.6 Å². The predicted octanol–water partition coefficient (Wildman–Crippen LogP) is 0.701. The maximum atomic E-state index is 11.6. The van der Waals surface area contributed by atoms with E-state index in [-0.39, 0.29) is 30.0 Å². The van der Waals surface area contributed by atoms with Crippen molar-refractivity contribution in [2.75, 3.05) is 20.2 Å². The quantitative estimate of drug-likeness (QED) is 0.759. The lowest BCUT2D eigenvalue weighted by atomic mass is 9.90. The van der Waals surface area contributed by atoms with Crippen molar-refractivity contribution in [3.63, 3.8) is 0 Å². The molecule has 1 aliphatic rings. The SMILES string of the molecule is COC(C)C(=O)NC1(C)CCNCC1.Cl. The van der Waals surface area contributed by atoms with Crippen molar-refractivity contribution < 1.29 is 9.53 Å². The Bertz CT molecular complexity index is 206. The van der Waals surface area contributed by atoms with Gasteiger partial charge in [0.15, 0.2) is 0 Å². The highest BCUT2D eigenvalue weighted by Crippen LogP contribution is 2.17. The lowest BCUT2D eigenvalue weighted by Gasteiger charge is -2.35. The largest absolute Gasteiger partial charge is 0.372 e. The first-order valence-corrected chi connectivity index (χ1v) is 5.13. The van der Waals surface area contributed by atoms with E-state index in [9.17, 15) is 4.79 Å². The highest BCUT2D eigenvalue weighted by atomic mass is 35.5. The van der Waals surface area contributed by atoms with E-state index in [0.29, 0.717) is 0 Å². The van der Waals surface area contributed by atoms with Gasteiger partial charge in [-0.1, -0.05) is 0 Å². The molecule has 0 aromatic rings. The number of carbonyl (C=O) groups excluding carboxylic acids is 1. The maximum Gasteiger partial charge on any atom is 0.249 e. The maximum absolute atomic E-state index is 11.6. The van der Waals surface area contributed by atoms with E-state index in [4.69, 9.17) is 4.74 Å². The summed E-state index contributed by atoms with van der Waals surface area (Å²) in [4.78, 5) is 11.6. The van der Waals surface area contributed by atoms with Crippen LogP contribution in [0.25, 0.3) is 0 Å². The number of methoxy groups -OCH3 is 1. The van der Waals surface area contributed by atoms with Gasteiger partial charge in [0.1, 0.15) is 6.10 Å². The molecule has 1 fully saturated rings. The van der Waals surface area contributed by atoms with Crippen molar-refractivity contribution in [2.24, 2.45) is 0 Å². The molecule has 1 amide bonds. The third-order valence-electron chi connectivity index (χ3n) is 2.85. The molecule has 1 rings (SSSR count). The van der Waals surface area contributed by atoms with Crippen LogP contribution in [0.4, 0.5) is 0 Å². The van der Waals surface area contributed by atoms with E-state index in [1.807, 2.05) is 0 Å². The van der Waals surface area contributed by atoms with Crippen LogP contribution in [0.2, 0.25) is 0 Å². The van der Waals surface area contributed by atoms with Crippen molar-refractivity contribution >= 4 is 18.3 Å². The van der Waals surface area contributed by atoms with Gasteiger partial charge in [0.25, 0.3) is 0 Å². The molecule has 0 aliphatic carbocycles. The van der Waals surface area contributed by atoms with Gasteiger partial charge in [-0.25, -0.2) is 0 Å². The molecule has 0 aromatic heterocycles. The lowest BCUT2D eigenvalue weighted by molar-refractivity contribution is -0.132. The second-order valence-corrected chi connectivity index (χ2v) is 4.18. The van der Waals surface area contributed by atoms with E-state index in [2.05, 4.69) is 17.6 Å². The number of halogens is 1. The molecule has 2 N–H and O–H groups in total. The number of hydrogen-bond acceptors (Lipinski definition) is 3. The van der Waals surface area contributed by atoms with Crippen LogP contribution in [0.3, 0.4) is 0 Å². The summed E-state index contributed by atoms with van der Waals surface area (Å²) in [7, 11) is 1.55. The minimum Gasteiger partial charge on any atom is -0.372 e. The number of hydrogen-bond donors (Lipinski definition) is 2. The zero-order valence-electron chi connectivity index (χ0n) is 9.63. The number of rotatable bonds is 3. The minimum atomic E-state index is -0.360. The van der Waals surface area contributed by atoms with Crippen LogP contribution in [-0.2, 0) is 9.53 Å². The molecule has 1 aliphatic heterocycles. The Morgan fingerprint density at radius 2 is 2.00 bits per heavy atom. The van der Waals surface area contributed by atoms with E-state index >= 15 is 0 Å². The normalized spacial score (nSPS) is 21.3. The Morgan fingerprint density at radius 1 is 1.47 bits per heavy atom. The summed E-state index contributed by atoms with van der Waals surface area (Å²) < 4.78 is 4.97. The number of nitrogens with one attached hydrogen (secondary N) is 2. The molecule has 1 atom stereocenters. The smallest absolute Gasteiger partial charge is 0.249 e. The molecule has 15 heavy (non-hydrogen) atoms. The fourth-order valence-electron chi connectivity index (χ4n) is 1.61. The highest BCUT2D eigenvalue weighted by molar-refractivity contribution is 5.85. The van der Waals surface area contributed by atoms with Crippen molar-refractivity contribution in [2.45, 2.75) is 38.3 Å². The third kappa shape index (κ3) is 4.36. The summed E-state index contributed by atoms with van der Waals surface area (Å²) in [6.07, 6.45) is 1.60. The summed E-state index contributed by atoms with van der Waals surface area (Å²) in [5.74, 6) is -0.0168. The average Bonchev–Trinajstić information content (AvgIpc) is 2.17. The van der Waals surface area contributed by atoms with Gasteiger partial charge in [-0.05, 0) is 39.8 Å². The second kappa shape index (κ2) is 6.30. The van der Waals surface area contributed by atoms with E-state index < -0.39 is 0 Å². The van der Waals surface area contributed by atoms with Crippen LogP contribution in [0.5, 0.6) is 0 Å². The Balaban J connectivity index is 0.00000196. The van der Waals surface area contributed by atoms with Gasteiger partial charge in [-0.3, -0.25) is 4.79 Å². The van der Waals surface area contributed by atoms with Crippen molar-refractivity contribution in [3.05, 3.63) is 0 Å². The number of piperidine rings is 1. The van der Waals surface area contributed by atoms with Gasteiger partial charge < -0.3 is 15.4 Å². The molecular weight excluding hydrogens is 216 g/mol. The molecule has 1 unspecified atom stereocenters. The molecule has 5 heteroatoms. The molecule has 0 bridgehead atoms. The number of ether oxygens (including phenoxy) is 1. The first-order valence-electron chi connectivity index (χ1n) is 5.13. The van der Waals surface area contributed by atoms with Crippen molar-refractivity contribution in [3.8, 4) is 0 Å². The predicted molar refractivity (Wildman–Crippen MR) is 62.4 cm³/mol. The van der Waals surface area contributed by atoms with Crippen molar-refractivity contribution in [1.82, 2.24) is 10.6 Å². The molecular formula is C10H21ClN2O2. The summed E-state index contributed by atoms with van der Waals surface area (Å²) in [5.41, 5.74) is -0.0604. The van der Waals surface area contributed by atoms with Gasteiger partial charge in [-0.2, -0.15) is 0 Å². The van der Waals surface area contributed by atoms with Gasteiger partial charge in [0.2, 0.25) is 5.91 Å². The van der Waals surface area contributed by atoms with Gasteiger partial charge in [-0.15, -0.1) is 12.4 Å². The third-order valence-corrected chi connectivity index (χ3v) is 2.85. The topological polar surface area (TPSA) is 50.4 Å².